The first-order chi connectivity index (χ1) is 18.1. The quantitative estimate of drug-likeness (QED) is 0.268. The molecule has 0 saturated carbocycles. The van der Waals surface area contributed by atoms with Crippen LogP contribution in [0.5, 0.6) is 0 Å². The van der Waals surface area contributed by atoms with Crippen molar-refractivity contribution in [1.29, 1.82) is 0 Å². The number of benzene rings is 6. The Kier molecular flexibility index (Phi) is 5.78. The van der Waals surface area contributed by atoms with E-state index in [1.807, 2.05) is 18.2 Å². The highest BCUT2D eigenvalue weighted by atomic mass is 16.4. The van der Waals surface area contributed by atoms with E-state index in [-0.39, 0.29) is 0 Å². The third kappa shape index (κ3) is 4.17. The molecular formula is C35H26O2. The molecule has 0 aliphatic heterocycles. The molecule has 2 heteroatoms. The van der Waals surface area contributed by atoms with Gasteiger partial charge in [0.25, 0.3) is 0 Å². The molecule has 0 fully saturated rings. The average Bonchev–Trinajstić information content (AvgIpc) is 2.95. The predicted octanol–water partition coefficient (Wildman–Crippen LogP) is 9.18. The van der Waals surface area contributed by atoms with E-state index in [2.05, 4.69) is 109 Å². The van der Waals surface area contributed by atoms with Crippen molar-refractivity contribution in [2.45, 2.75) is 12.8 Å². The highest BCUT2D eigenvalue weighted by Crippen LogP contribution is 2.43. The van der Waals surface area contributed by atoms with Gasteiger partial charge in [-0.25, -0.2) is 0 Å². The second-order valence-electron chi connectivity index (χ2n) is 9.50. The van der Waals surface area contributed by atoms with Crippen molar-refractivity contribution in [3.63, 3.8) is 0 Å². The molecule has 0 heterocycles. The van der Waals surface area contributed by atoms with E-state index in [9.17, 15) is 9.90 Å². The maximum absolute atomic E-state index is 12.1. The van der Waals surface area contributed by atoms with Crippen LogP contribution in [0.2, 0.25) is 0 Å². The first-order valence-corrected chi connectivity index (χ1v) is 12.5. The van der Waals surface area contributed by atoms with Crippen LogP contribution >= 0.6 is 0 Å². The van der Waals surface area contributed by atoms with E-state index in [0.29, 0.717) is 0 Å². The van der Waals surface area contributed by atoms with E-state index >= 15 is 0 Å². The van der Waals surface area contributed by atoms with Crippen molar-refractivity contribution >= 4 is 27.5 Å². The van der Waals surface area contributed by atoms with Crippen molar-refractivity contribution in [3.8, 4) is 33.4 Å². The van der Waals surface area contributed by atoms with Gasteiger partial charge in [0.2, 0.25) is 0 Å². The fraction of sp³-hybridized carbons (Fsp3) is 0.0571. The Bertz CT molecular complexity index is 1680. The molecule has 2 nitrogen and oxygen atoms in total. The van der Waals surface area contributed by atoms with Crippen molar-refractivity contribution in [3.05, 3.63) is 133 Å². The lowest BCUT2D eigenvalue weighted by Gasteiger charge is -2.21. The minimum atomic E-state index is -0.831. The molecule has 1 atom stereocenters. The third-order valence-electron chi connectivity index (χ3n) is 7.25. The van der Waals surface area contributed by atoms with Crippen LogP contribution in [0, 0.1) is 0 Å². The number of hydrogen-bond donors (Lipinski definition) is 1. The molecule has 0 radical (unpaired) electrons. The summed E-state index contributed by atoms with van der Waals surface area (Å²) >= 11 is 0. The Labute approximate surface area is 216 Å². The second-order valence-corrected chi connectivity index (χ2v) is 9.50. The van der Waals surface area contributed by atoms with Gasteiger partial charge in [0.05, 0.1) is 5.92 Å². The topological polar surface area (TPSA) is 37.3 Å². The number of aliphatic carboxylic acids is 1. The molecule has 0 aliphatic carbocycles. The summed E-state index contributed by atoms with van der Waals surface area (Å²) in [6.07, 6.45) is 0. The van der Waals surface area contributed by atoms with Crippen LogP contribution in [0.3, 0.4) is 0 Å². The number of hydrogen-bond acceptors (Lipinski definition) is 1. The average molecular weight is 479 g/mol. The maximum atomic E-state index is 12.1. The van der Waals surface area contributed by atoms with Gasteiger partial charge in [0, 0.05) is 0 Å². The zero-order chi connectivity index (χ0) is 25.4. The monoisotopic (exact) mass is 478 g/mol. The largest absolute Gasteiger partial charge is 0.481 e. The van der Waals surface area contributed by atoms with Gasteiger partial charge >= 0.3 is 5.97 Å². The number of rotatable bonds is 5. The smallest absolute Gasteiger partial charge is 0.310 e. The van der Waals surface area contributed by atoms with Crippen LogP contribution in [-0.4, -0.2) is 11.1 Å². The molecule has 1 unspecified atom stereocenters. The summed E-state index contributed by atoms with van der Waals surface area (Å²) in [6.45, 7) is 1.76. The molecule has 0 aliphatic rings. The minimum Gasteiger partial charge on any atom is -0.481 e. The lowest BCUT2D eigenvalue weighted by atomic mass is 9.83. The summed E-state index contributed by atoms with van der Waals surface area (Å²) in [6, 6.07) is 44.1. The molecule has 0 aromatic heterocycles. The number of fused-ring (bicyclic) bond motifs is 2. The summed E-state index contributed by atoms with van der Waals surface area (Å²) in [5, 5.41) is 14.7. The summed E-state index contributed by atoms with van der Waals surface area (Å²) < 4.78 is 0. The van der Waals surface area contributed by atoms with E-state index in [0.717, 1.165) is 38.9 Å². The Balaban J connectivity index is 1.67. The summed E-state index contributed by atoms with van der Waals surface area (Å²) in [5.41, 5.74) is 7.19. The van der Waals surface area contributed by atoms with Gasteiger partial charge in [-0.15, -0.1) is 0 Å². The highest BCUT2D eigenvalue weighted by Gasteiger charge is 2.22. The minimum absolute atomic E-state index is 0.634. The van der Waals surface area contributed by atoms with Crippen molar-refractivity contribution in [2.75, 3.05) is 0 Å². The van der Waals surface area contributed by atoms with Crippen LogP contribution in [-0.2, 0) is 4.79 Å². The molecule has 6 rings (SSSR count). The predicted molar refractivity (Wildman–Crippen MR) is 154 cm³/mol. The normalized spacial score (nSPS) is 12.0. The number of carboxylic acid groups (broad SMARTS) is 1. The van der Waals surface area contributed by atoms with Crippen LogP contribution in [0.25, 0.3) is 54.9 Å². The molecule has 178 valence electrons. The lowest BCUT2D eigenvalue weighted by Crippen LogP contribution is -2.09. The fourth-order valence-electron chi connectivity index (χ4n) is 5.27. The summed E-state index contributed by atoms with van der Waals surface area (Å²) in [5.74, 6) is -1.46. The molecule has 1 N–H and O–H groups in total. The van der Waals surface area contributed by atoms with Gasteiger partial charge in [0.1, 0.15) is 0 Å². The molecule has 0 spiro atoms. The fourth-order valence-corrected chi connectivity index (χ4v) is 5.27. The first-order valence-electron chi connectivity index (χ1n) is 12.5. The van der Waals surface area contributed by atoms with Crippen LogP contribution < -0.4 is 0 Å². The Hall–Kier alpha value is -4.69. The van der Waals surface area contributed by atoms with Crippen LogP contribution in [0.4, 0.5) is 0 Å². The van der Waals surface area contributed by atoms with Crippen LogP contribution in [0.15, 0.2) is 127 Å². The molecule has 6 aromatic carbocycles. The van der Waals surface area contributed by atoms with Gasteiger partial charge in [-0.2, -0.15) is 0 Å². The van der Waals surface area contributed by atoms with E-state index in [4.69, 9.17) is 0 Å². The molecule has 37 heavy (non-hydrogen) atoms. The third-order valence-corrected chi connectivity index (χ3v) is 7.25. The lowest BCUT2D eigenvalue weighted by molar-refractivity contribution is -0.138. The zero-order valence-corrected chi connectivity index (χ0v) is 20.6. The summed E-state index contributed by atoms with van der Waals surface area (Å²) in [7, 11) is 0. The molecule has 0 saturated heterocycles. The standard InChI is InChI=1S/C35H26O2/c1-23(35(36)37)30-13-6-7-14-33(30)34-31(28-19-17-24-9-2-4-11-26(24)21-28)15-8-16-32(34)29-20-18-25-10-3-5-12-27(25)22-29/h2-23H,1H3,(H,36,37). The summed E-state index contributed by atoms with van der Waals surface area (Å²) in [4.78, 5) is 12.1. The number of carboxylic acids is 1. The Morgan fingerprint density at radius 3 is 1.54 bits per heavy atom. The van der Waals surface area contributed by atoms with Gasteiger partial charge in [-0.3, -0.25) is 4.79 Å². The SMILES string of the molecule is CC(C(=O)O)c1ccccc1-c1c(-c2ccc3ccccc3c2)cccc1-c1ccc2ccccc2c1. The molecule has 0 bridgehead atoms. The van der Waals surface area contributed by atoms with E-state index in [1.54, 1.807) is 6.92 Å². The van der Waals surface area contributed by atoms with Crippen LogP contribution in [0.1, 0.15) is 18.4 Å². The molecule has 6 aromatic rings. The van der Waals surface area contributed by atoms with Gasteiger partial charge in [-0.1, -0.05) is 115 Å². The van der Waals surface area contributed by atoms with Crippen molar-refractivity contribution < 1.29 is 9.90 Å². The van der Waals surface area contributed by atoms with Crippen molar-refractivity contribution in [2.24, 2.45) is 0 Å². The Morgan fingerprint density at radius 1 is 0.541 bits per heavy atom. The van der Waals surface area contributed by atoms with Gasteiger partial charge < -0.3 is 5.11 Å². The van der Waals surface area contributed by atoms with Crippen molar-refractivity contribution in [1.82, 2.24) is 0 Å². The highest BCUT2D eigenvalue weighted by molar-refractivity contribution is 6.00. The maximum Gasteiger partial charge on any atom is 0.310 e. The van der Waals surface area contributed by atoms with E-state index < -0.39 is 11.9 Å². The Morgan fingerprint density at radius 2 is 1.00 bits per heavy atom. The first kappa shape index (κ1) is 22.8. The second kappa shape index (κ2) is 9.40. The molecular weight excluding hydrogens is 452 g/mol. The molecule has 0 amide bonds. The van der Waals surface area contributed by atoms with Gasteiger partial charge in [0.15, 0.2) is 0 Å². The van der Waals surface area contributed by atoms with E-state index in [1.165, 1.54) is 21.5 Å². The van der Waals surface area contributed by atoms with Gasteiger partial charge in [-0.05, 0) is 79.5 Å². The zero-order valence-electron chi connectivity index (χ0n) is 20.6. The number of carbonyl (C=O) groups is 1.